The Morgan fingerprint density at radius 2 is 1.84 bits per heavy atom. The summed E-state index contributed by atoms with van der Waals surface area (Å²) in [7, 11) is 0. The molecule has 2 heteroatoms. The number of hydrogen-bond donors (Lipinski definition) is 1. The summed E-state index contributed by atoms with van der Waals surface area (Å²) >= 11 is 0. The van der Waals surface area contributed by atoms with Crippen LogP contribution >= 0.6 is 0 Å². The molecule has 0 spiro atoms. The lowest BCUT2D eigenvalue weighted by atomic mass is 9.84. The van der Waals surface area contributed by atoms with E-state index >= 15 is 0 Å². The quantitative estimate of drug-likeness (QED) is 0.817. The van der Waals surface area contributed by atoms with Crippen LogP contribution in [-0.4, -0.2) is 37.1 Å². The lowest BCUT2D eigenvalue weighted by Gasteiger charge is -2.36. The van der Waals surface area contributed by atoms with Gasteiger partial charge < -0.3 is 10.2 Å². The molecule has 3 atom stereocenters. The number of hydrogen-bond acceptors (Lipinski definition) is 2. The van der Waals surface area contributed by atoms with Crippen LogP contribution in [-0.2, 0) is 0 Å². The van der Waals surface area contributed by atoms with Gasteiger partial charge in [-0.1, -0.05) is 26.7 Å². The van der Waals surface area contributed by atoms with E-state index < -0.39 is 0 Å². The van der Waals surface area contributed by atoms with Gasteiger partial charge in [0.1, 0.15) is 0 Å². The van der Waals surface area contributed by atoms with E-state index in [9.17, 15) is 0 Å². The molecule has 0 aromatic carbocycles. The van der Waals surface area contributed by atoms with E-state index in [1.54, 1.807) is 0 Å². The van der Waals surface area contributed by atoms with Gasteiger partial charge in [-0.05, 0) is 70.0 Å². The molecule has 0 amide bonds. The molecule has 1 saturated carbocycles. The van der Waals surface area contributed by atoms with Gasteiger partial charge in [-0.25, -0.2) is 0 Å². The predicted molar refractivity (Wildman–Crippen MR) is 83.5 cm³/mol. The van der Waals surface area contributed by atoms with Gasteiger partial charge in [0.15, 0.2) is 0 Å². The molecular formula is C17H34N2. The lowest BCUT2D eigenvalue weighted by molar-refractivity contribution is 0.170. The second kappa shape index (κ2) is 8.26. The molecule has 2 fully saturated rings. The van der Waals surface area contributed by atoms with Crippen molar-refractivity contribution in [2.45, 2.75) is 71.3 Å². The van der Waals surface area contributed by atoms with Crippen molar-refractivity contribution in [1.82, 2.24) is 10.2 Å². The Morgan fingerprint density at radius 1 is 1.00 bits per heavy atom. The summed E-state index contributed by atoms with van der Waals surface area (Å²) < 4.78 is 0. The zero-order chi connectivity index (χ0) is 13.5. The summed E-state index contributed by atoms with van der Waals surface area (Å²) in [6, 6.07) is 0.800. The molecule has 2 nitrogen and oxygen atoms in total. The first-order valence-corrected chi connectivity index (χ1v) is 8.75. The molecule has 0 aromatic rings. The molecule has 1 heterocycles. The molecule has 3 unspecified atom stereocenters. The van der Waals surface area contributed by atoms with E-state index in [-0.39, 0.29) is 0 Å². The van der Waals surface area contributed by atoms with Gasteiger partial charge in [0.25, 0.3) is 0 Å². The van der Waals surface area contributed by atoms with Crippen molar-refractivity contribution in [3.8, 4) is 0 Å². The molecular weight excluding hydrogens is 232 g/mol. The van der Waals surface area contributed by atoms with Crippen LogP contribution in [0.25, 0.3) is 0 Å². The fourth-order valence-electron chi connectivity index (χ4n) is 3.86. The maximum absolute atomic E-state index is 3.81. The molecule has 1 saturated heterocycles. The molecule has 1 aliphatic heterocycles. The Balaban J connectivity index is 1.80. The van der Waals surface area contributed by atoms with Gasteiger partial charge >= 0.3 is 0 Å². The van der Waals surface area contributed by atoms with Gasteiger partial charge in [0.05, 0.1) is 0 Å². The van der Waals surface area contributed by atoms with E-state index in [1.165, 1.54) is 77.5 Å². The average molecular weight is 266 g/mol. The van der Waals surface area contributed by atoms with Gasteiger partial charge in [-0.2, -0.15) is 0 Å². The van der Waals surface area contributed by atoms with E-state index in [0.29, 0.717) is 0 Å². The molecule has 19 heavy (non-hydrogen) atoms. The van der Waals surface area contributed by atoms with Gasteiger partial charge in [-0.3, -0.25) is 0 Å². The van der Waals surface area contributed by atoms with E-state index in [2.05, 4.69) is 24.1 Å². The second-order valence-electron chi connectivity index (χ2n) is 6.94. The highest BCUT2D eigenvalue weighted by atomic mass is 15.1. The highest BCUT2D eigenvalue weighted by Crippen LogP contribution is 2.26. The first kappa shape index (κ1) is 15.3. The third kappa shape index (κ3) is 5.07. The number of nitrogens with one attached hydrogen (secondary N) is 1. The molecule has 2 rings (SSSR count). The maximum Gasteiger partial charge on any atom is 0.0107 e. The van der Waals surface area contributed by atoms with Crippen molar-refractivity contribution >= 4 is 0 Å². The van der Waals surface area contributed by atoms with Gasteiger partial charge in [0, 0.05) is 12.6 Å². The van der Waals surface area contributed by atoms with Crippen LogP contribution < -0.4 is 5.32 Å². The second-order valence-corrected chi connectivity index (χ2v) is 6.94. The molecule has 2 aliphatic rings. The van der Waals surface area contributed by atoms with Crippen LogP contribution in [0.2, 0.25) is 0 Å². The van der Waals surface area contributed by atoms with Crippen molar-refractivity contribution in [3.63, 3.8) is 0 Å². The first-order valence-electron chi connectivity index (χ1n) is 8.75. The smallest absolute Gasteiger partial charge is 0.0107 e. The highest BCUT2D eigenvalue weighted by molar-refractivity contribution is 4.83. The fourth-order valence-corrected chi connectivity index (χ4v) is 3.86. The zero-order valence-electron chi connectivity index (χ0n) is 13.2. The van der Waals surface area contributed by atoms with Crippen LogP contribution in [0.5, 0.6) is 0 Å². The van der Waals surface area contributed by atoms with E-state index in [4.69, 9.17) is 0 Å². The predicted octanol–water partition coefficient (Wildman–Crippen LogP) is 3.67. The summed E-state index contributed by atoms with van der Waals surface area (Å²) in [4.78, 5) is 2.76. The normalized spacial score (nSPS) is 34.1. The minimum absolute atomic E-state index is 0.800. The summed E-state index contributed by atoms with van der Waals surface area (Å²) in [5, 5.41) is 3.81. The standard InChI is InChI=1S/C17H34N2/c1-3-11-18-17-9-5-4-8-16(17)14-19-12-6-7-15(2)10-13-19/h15-18H,3-14H2,1-2H3. The molecule has 1 N–H and O–H groups in total. The monoisotopic (exact) mass is 266 g/mol. The van der Waals surface area contributed by atoms with Crippen molar-refractivity contribution in [3.05, 3.63) is 0 Å². The topological polar surface area (TPSA) is 15.3 Å². The van der Waals surface area contributed by atoms with E-state index in [1.807, 2.05) is 0 Å². The minimum atomic E-state index is 0.800. The van der Waals surface area contributed by atoms with Crippen LogP contribution in [0, 0.1) is 11.8 Å². The van der Waals surface area contributed by atoms with Crippen LogP contribution in [0.15, 0.2) is 0 Å². The summed E-state index contributed by atoms with van der Waals surface area (Å²) in [5.74, 6) is 1.86. The fraction of sp³-hybridized carbons (Fsp3) is 1.00. The van der Waals surface area contributed by atoms with Gasteiger partial charge in [-0.15, -0.1) is 0 Å². The molecule has 0 bridgehead atoms. The third-order valence-electron chi connectivity index (χ3n) is 5.17. The third-order valence-corrected chi connectivity index (χ3v) is 5.17. The van der Waals surface area contributed by atoms with E-state index in [0.717, 1.165) is 17.9 Å². The zero-order valence-corrected chi connectivity index (χ0v) is 13.2. The largest absolute Gasteiger partial charge is 0.314 e. The molecule has 112 valence electrons. The molecule has 0 aromatic heterocycles. The Kier molecular flexibility index (Phi) is 6.66. The maximum atomic E-state index is 3.81. The number of nitrogens with zero attached hydrogens (tertiary/aromatic N) is 1. The summed E-state index contributed by atoms with van der Waals surface area (Å²) in [6.45, 7) is 9.96. The molecule has 1 aliphatic carbocycles. The van der Waals surface area contributed by atoms with Crippen molar-refractivity contribution in [2.24, 2.45) is 11.8 Å². The Hall–Kier alpha value is -0.0800. The SMILES string of the molecule is CCCNC1CCCCC1CN1CCCC(C)CC1. The Labute approximate surface area is 120 Å². The minimum Gasteiger partial charge on any atom is -0.314 e. The van der Waals surface area contributed by atoms with Crippen LogP contribution in [0.1, 0.15) is 65.2 Å². The van der Waals surface area contributed by atoms with Crippen molar-refractivity contribution in [1.29, 1.82) is 0 Å². The Bertz CT molecular complexity index is 241. The summed E-state index contributed by atoms with van der Waals surface area (Å²) in [6.07, 6.45) is 11.3. The Morgan fingerprint density at radius 3 is 2.68 bits per heavy atom. The van der Waals surface area contributed by atoms with Crippen molar-refractivity contribution in [2.75, 3.05) is 26.2 Å². The number of rotatable bonds is 5. The first-order chi connectivity index (χ1) is 9.29. The highest BCUT2D eigenvalue weighted by Gasteiger charge is 2.26. The lowest BCUT2D eigenvalue weighted by Crippen LogP contribution is -2.44. The number of likely N-dealkylation sites (tertiary alicyclic amines) is 1. The average Bonchev–Trinajstić information content (AvgIpc) is 2.63. The van der Waals surface area contributed by atoms with Crippen LogP contribution in [0.4, 0.5) is 0 Å². The van der Waals surface area contributed by atoms with Crippen LogP contribution in [0.3, 0.4) is 0 Å². The molecule has 0 radical (unpaired) electrons. The summed E-state index contributed by atoms with van der Waals surface area (Å²) in [5.41, 5.74) is 0. The van der Waals surface area contributed by atoms with Crippen molar-refractivity contribution < 1.29 is 0 Å². The van der Waals surface area contributed by atoms with Gasteiger partial charge in [0.2, 0.25) is 0 Å².